The Kier molecular flexibility index (Phi) is 4.98. The predicted molar refractivity (Wildman–Crippen MR) is 77.9 cm³/mol. The predicted octanol–water partition coefficient (Wildman–Crippen LogP) is 2.74. The molecule has 0 saturated carbocycles. The average molecular weight is 268 g/mol. The molecule has 1 saturated heterocycles. The summed E-state index contributed by atoms with van der Waals surface area (Å²) in [6.45, 7) is 3.98. The standard InChI is InChI=1S/C14H24N2OS/c1-11(7-8-18-2)15-14(17)16-9-12-5-3-4-6-13(12)10-16/h3-4,11-13H,5-10H2,1-2H3,(H,15,17)/t11-,12-,13-/m0/s1. The third-order valence-corrected chi connectivity index (χ3v) is 4.68. The zero-order chi connectivity index (χ0) is 13.0. The number of rotatable bonds is 4. The maximum Gasteiger partial charge on any atom is 0.317 e. The molecule has 0 unspecified atom stereocenters. The Morgan fingerprint density at radius 1 is 1.39 bits per heavy atom. The second-order valence-corrected chi connectivity index (χ2v) is 6.49. The second kappa shape index (κ2) is 6.50. The first-order chi connectivity index (χ1) is 8.70. The minimum Gasteiger partial charge on any atom is -0.336 e. The fraction of sp³-hybridized carbons (Fsp3) is 0.786. The highest BCUT2D eigenvalue weighted by Gasteiger charge is 2.35. The molecule has 0 bridgehead atoms. The molecule has 0 aromatic rings. The lowest BCUT2D eigenvalue weighted by Gasteiger charge is -2.20. The van der Waals surface area contributed by atoms with E-state index in [2.05, 4.69) is 30.6 Å². The number of nitrogens with one attached hydrogen (secondary N) is 1. The van der Waals surface area contributed by atoms with E-state index in [-0.39, 0.29) is 12.1 Å². The number of fused-ring (bicyclic) bond motifs is 1. The van der Waals surface area contributed by atoms with Crippen LogP contribution in [0.5, 0.6) is 0 Å². The van der Waals surface area contributed by atoms with Gasteiger partial charge < -0.3 is 10.2 Å². The van der Waals surface area contributed by atoms with Crippen LogP contribution >= 0.6 is 11.8 Å². The summed E-state index contributed by atoms with van der Waals surface area (Å²) in [5.74, 6) is 2.50. The molecule has 1 aliphatic heterocycles. The third kappa shape index (κ3) is 3.44. The normalized spacial score (nSPS) is 28.0. The molecule has 3 nitrogen and oxygen atoms in total. The molecule has 4 heteroatoms. The Labute approximate surface area is 114 Å². The van der Waals surface area contributed by atoms with E-state index in [4.69, 9.17) is 0 Å². The highest BCUT2D eigenvalue weighted by atomic mass is 32.2. The Balaban J connectivity index is 1.77. The molecule has 2 amide bonds. The van der Waals surface area contributed by atoms with Crippen molar-refractivity contribution >= 4 is 17.8 Å². The van der Waals surface area contributed by atoms with Crippen LogP contribution < -0.4 is 5.32 Å². The van der Waals surface area contributed by atoms with Crippen molar-refractivity contribution in [2.45, 2.75) is 32.2 Å². The summed E-state index contributed by atoms with van der Waals surface area (Å²) in [5, 5.41) is 3.12. The van der Waals surface area contributed by atoms with Gasteiger partial charge in [0.05, 0.1) is 0 Å². The number of urea groups is 1. The van der Waals surface area contributed by atoms with E-state index < -0.39 is 0 Å². The number of thioether (sulfide) groups is 1. The number of amides is 2. The molecular formula is C14H24N2OS. The lowest BCUT2D eigenvalue weighted by Crippen LogP contribution is -2.43. The summed E-state index contributed by atoms with van der Waals surface area (Å²) in [4.78, 5) is 14.2. The van der Waals surface area contributed by atoms with Crippen molar-refractivity contribution in [3.8, 4) is 0 Å². The van der Waals surface area contributed by atoms with E-state index in [1.807, 2.05) is 16.7 Å². The largest absolute Gasteiger partial charge is 0.336 e. The van der Waals surface area contributed by atoms with Crippen LogP contribution in [0, 0.1) is 11.8 Å². The number of carbonyl (C=O) groups excluding carboxylic acids is 1. The maximum atomic E-state index is 12.1. The van der Waals surface area contributed by atoms with Gasteiger partial charge in [0.1, 0.15) is 0 Å². The Bertz CT molecular complexity index is 303. The summed E-state index contributed by atoms with van der Waals surface area (Å²) >= 11 is 1.83. The van der Waals surface area contributed by atoms with E-state index in [0.717, 1.165) is 38.1 Å². The molecule has 3 atom stereocenters. The molecule has 1 aliphatic carbocycles. The van der Waals surface area contributed by atoms with Gasteiger partial charge in [0.15, 0.2) is 0 Å². The van der Waals surface area contributed by atoms with Crippen LogP contribution in [0.2, 0.25) is 0 Å². The fourth-order valence-corrected chi connectivity index (χ4v) is 3.44. The first kappa shape index (κ1) is 13.8. The monoisotopic (exact) mass is 268 g/mol. The molecule has 0 radical (unpaired) electrons. The van der Waals surface area contributed by atoms with Gasteiger partial charge in [0.2, 0.25) is 0 Å². The van der Waals surface area contributed by atoms with Crippen LogP contribution in [0.3, 0.4) is 0 Å². The molecule has 2 aliphatic rings. The van der Waals surface area contributed by atoms with Crippen LogP contribution in [-0.4, -0.2) is 42.1 Å². The van der Waals surface area contributed by atoms with Crippen LogP contribution in [0.4, 0.5) is 4.79 Å². The highest BCUT2D eigenvalue weighted by Crippen LogP contribution is 2.32. The number of hydrogen-bond acceptors (Lipinski definition) is 2. The van der Waals surface area contributed by atoms with Gasteiger partial charge in [-0.3, -0.25) is 0 Å². The Morgan fingerprint density at radius 2 is 2.00 bits per heavy atom. The first-order valence-corrected chi connectivity index (χ1v) is 8.29. The quantitative estimate of drug-likeness (QED) is 0.795. The Morgan fingerprint density at radius 3 is 2.56 bits per heavy atom. The fourth-order valence-electron chi connectivity index (χ4n) is 2.85. The lowest BCUT2D eigenvalue weighted by atomic mass is 9.86. The summed E-state index contributed by atoms with van der Waals surface area (Å²) < 4.78 is 0. The summed E-state index contributed by atoms with van der Waals surface area (Å²) in [6.07, 6.45) is 9.99. The van der Waals surface area contributed by atoms with Gasteiger partial charge in [0, 0.05) is 19.1 Å². The molecule has 18 heavy (non-hydrogen) atoms. The molecule has 2 rings (SSSR count). The van der Waals surface area contributed by atoms with Crippen molar-refractivity contribution in [1.29, 1.82) is 0 Å². The summed E-state index contributed by atoms with van der Waals surface area (Å²) in [7, 11) is 0. The minimum absolute atomic E-state index is 0.137. The molecule has 102 valence electrons. The zero-order valence-electron chi connectivity index (χ0n) is 11.4. The van der Waals surface area contributed by atoms with Gasteiger partial charge in [-0.05, 0) is 50.0 Å². The van der Waals surface area contributed by atoms with Crippen molar-refractivity contribution in [2.75, 3.05) is 25.1 Å². The van der Waals surface area contributed by atoms with Gasteiger partial charge in [-0.25, -0.2) is 4.79 Å². The van der Waals surface area contributed by atoms with Crippen LogP contribution in [-0.2, 0) is 0 Å². The van der Waals surface area contributed by atoms with Gasteiger partial charge in [-0.1, -0.05) is 12.2 Å². The van der Waals surface area contributed by atoms with E-state index in [1.54, 1.807) is 0 Å². The maximum absolute atomic E-state index is 12.1. The molecule has 0 spiro atoms. The summed E-state index contributed by atoms with van der Waals surface area (Å²) in [5.41, 5.74) is 0. The number of hydrogen-bond donors (Lipinski definition) is 1. The number of likely N-dealkylation sites (tertiary alicyclic amines) is 1. The van der Waals surface area contributed by atoms with Crippen LogP contribution in [0.25, 0.3) is 0 Å². The molecule has 1 heterocycles. The number of carbonyl (C=O) groups is 1. The topological polar surface area (TPSA) is 32.3 Å². The van der Waals surface area contributed by atoms with Crippen molar-refractivity contribution < 1.29 is 4.79 Å². The van der Waals surface area contributed by atoms with Gasteiger partial charge in [-0.15, -0.1) is 0 Å². The first-order valence-electron chi connectivity index (χ1n) is 6.90. The van der Waals surface area contributed by atoms with Crippen molar-refractivity contribution in [1.82, 2.24) is 10.2 Å². The second-order valence-electron chi connectivity index (χ2n) is 5.50. The van der Waals surface area contributed by atoms with E-state index >= 15 is 0 Å². The average Bonchev–Trinajstić information content (AvgIpc) is 2.80. The van der Waals surface area contributed by atoms with Crippen LogP contribution in [0.15, 0.2) is 12.2 Å². The van der Waals surface area contributed by atoms with Crippen molar-refractivity contribution in [3.63, 3.8) is 0 Å². The molecule has 0 aromatic heterocycles. The van der Waals surface area contributed by atoms with Crippen LogP contribution in [0.1, 0.15) is 26.2 Å². The van der Waals surface area contributed by atoms with E-state index in [9.17, 15) is 4.79 Å². The van der Waals surface area contributed by atoms with Gasteiger partial charge in [0.25, 0.3) is 0 Å². The molecule has 0 aromatic carbocycles. The van der Waals surface area contributed by atoms with Gasteiger partial charge >= 0.3 is 6.03 Å². The number of allylic oxidation sites excluding steroid dienone is 2. The van der Waals surface area contributed by atoms with Crippen molar-refractivity contribution in [3.05, 3.63) is 12.2 Å². The minimum atomic E-state index is 0.137. The molecular weight excluding hydrogens is 244 g/mol. The highest BCUT2D eigenvalue weighted by molar-refractivity contribution is 7.98. The van der Waals surface area contributed by atoms with Crippen molar-refractivity contribution in [2.24, 2.45) is 11.8 Å². The number of nitrogens with zero attached hydrogens (tertiary/aromatic N) is 1. The zero-order valence-corrected chi connectivity index (χ0v) is 12.2. The molecule has 1 fully saturated rings. The van der Waals surface area contributed by atoms with Gasteiger partial charge in [-0.2, -0.15) is 11.8 Å². The third-order valence-electron chi connectivity index (χ3n) is 4.03. The molecule has 1 N–H and O–H groups in total. The van der Waals surface area contributed by atoms with E-state index in [1.165, 1.54) is 0 Å². The van der Waals surface area contributed by atoms with E-state index in [0.29, 0.717) is 11.8 Å². The SMILES string of the molecule is CSCC[C@H](C)NC(=O)N1C[C@@H]2CC=CC[C@H]2C1. The lowest BCUT2D eigenvalue weighted by molar-refractivity contribution is 0.202. The summed E-state index contributed by atoms with van der Waals surface area (Å²) in [6, 6.07) is 0.420. The smallest absolute Gasteiger partial charge is 0.317 e. The Hall–Kier alpha value is -0.640.